The summed E-state index contributed by atoms with van der Waals surface area (Å²) in [4.78, 5) is 13.2. The van der Waals surface area contributed by atoms with Gasteiger partial charge in [0.2, 0.25) is 0 Å². The smallest absolute Gasteiger partial charge is 0.163 e. The summed E-state index contributed by atoms with van der Waals surface area (Å²) in [5, 5.41) is 0.676. The van der Waals surface area contributed by atoms with Crippen LogP contribution in [-0.4, -0.2) is 19.5 Å². The number of halogens is 1. The lowest BCUT2D eigenvalue weighted by Crippen LogP contribution is -1.98. The van der Waals surface area contributed by atoms with E-state index in [1.165, 1.54) is 0 Å². The zero-order valence-electron chi connectivity index (χ0n) is 11.3. The molecule has 0 bridgehead atoms. The summed E-state index contributed by atoms with van der Waals surface area (Å²) in [5.74, 6) is 0. The molecule has 2 aromatic heterocycles. The summed E-state index contributed by atoms with van der Waals surface area (Å²) in [6, 6.07) is 7.67. The minimum Gasteiger partial charge on any atom is -0.315 e. The Morgan fingerprint density at radius 3 is 2.80 bits per heavy atom. The number of rotatable bonds is 4. The van der Waals surface area contributed by atoms with E-state index in [4.69, 9.17) is 11.6 Å². The van der Waals surface area contributed by atoms with Gasteiger partial charge in [0.1, 0.15) is 17.5 Å². The van der Waals surface area contributed by atoms with Crippen molar-refractivity contribution in [1.82, 2.24) is 19.5 Å². The van der Waals surface area contributed by atoms with Crippen LogP contribution in [0.1, 0.15) is 19.8 Å². The van der Waals surface area contributed by atoms with E-state index in [1.54, 1.807) is 6.33 Å². The first-order chi connectivity index (χ1) is 9.81. The van der Waals surface area contributed by atoms with Crippen molar-refractivity contribution in [2.45, 2.75) is 26.3 Å². The number of benzene rings is 1. The second-order valence-corrected chi connectivity index (χ2v) is 5.07. The van der Waals surface area contributed by atoms with Crippen molar-refractivity contribution in [1.29, 1.82) is 0 Å². The molecule has 0 fully saturated rings. The molecule has 1 aromatic carbocycles. The van der Waals surface area contributed by atoms with Crippen LogP contribution in [0, 0.1) is 0 Å². The van der Waals surface area contributed by atoms with Gasteiger partial charge in [0.15, 0.2) is 5.65 Å². The molecular formula is C15H15ClN4. The van der Waals surface area contributed by atoms with E-state index >= 15 is 0 Å². The largest absolute Gasteiger partial charge is 0.315 e. The second kappa shape index (κ2) is 5.59. The Hall–Kier alpha value is -1.94. The first-order valence-electron chi connectivity index (χ1n) is 6.72. The molecule has 0 aliphatic rings. The topological polar surface area (TPSA) is 43.6 Å². The van der Waals surface area contributed by atoms with Gasteiger partial charge in [-0.15, -0.1) is 0 Å². The van der Waals surface area contributed by atoms with Gasteiger partial charge in [-0.25, -0.2) is 15.0 Å². The molecule has 0 amide bonds. The summed E-state index contributed by atoms with van der Waals surface area (Å²) < 4.78 is 2.07. The molecular weight excluding hydrogens is 272 g/mol. The third-order valence-electron chi connectivity index (χ3n) is 3.28. The number of hydrogen-bond acceptors (Lipinski definition) is 3. The summed E-state index contributed by atoms with van der Waals surface area (Å²) in [6.07, 6.45) is 5.65. The van der Waals surface area contributed by atoms with E-state index < -0.39 is 0 Å². The molecule has 3 rings (SSSR count). The molecule has 0 unspecified atom stereocenters. The molecule has 0 saturated carbocycles. The summed E-state index contributed by atoms with van der Waals surface area (Å²) >= 11 is 6.25. The van der Waals surface area contributed by atoms with E-state index in [0.29, 0.717) is 5.02 Å². The number of unbranched alkanes of at least 4 members (excludes halogenated alkanes) is 1. The average molecular weight is 287 g/mol. The van der Waals surface area contributed by atoms with Crippen LogP contribution in [-0.2, 0) is 6.54 Å². The predicted octanol–water partition coefficient (Wildman–Crippen LogP) is 3.95. The quantitative estimate of drug-likeness (QED) is 0.729. The third kappa shape index (κ3) is 2.27. The third-order valence-corrected chi connectivity index (χ3v) is 3.61. The lowest BCUT2D eigenvalue weighted by molar-refractivity contribution is 0.641. The van der Waals surface area contributed by atoms with E-state index in [9.17, 15) is 0 Å². The van der Waals surface area contributed by atoms with Crippen molar-refractivity contribution in [3.8, 4) is 11.3 Å². The molecule has 3 aromatic rings. The molecule has 5 heteroatoms. The van der Waals surface area contributed by atoms with Crippen LogP contribution >= 0.6 is 11.6 Å². The first-order valence-corrected chi connectivity index (χ1v) is 7.09. The summed E-state index contributed by atoms with van der Waals surface area (Å²) in [7, 11) is 0. The Balaban J connectivity index is 2.13. The highest BCUT2D eigenvalue weighted by molar-refractivity contribution is 6.33. The monoisotopic (exact) mass is 286 g/mol. The van der Waals surface area contributed by atoms with Crippen molar-refractivity contribution in [3.63, 3.8) is 0 Å². The van der Waals surface area contributed by atoms with Crippen molar-refractivity contribution in [2.75, 3.05) is 0 Å². The highest BCUT2D eigenvalue weighted by atomic mass is 35.5. The number of nitrogens with zero attached hydrogens (tertiary/aromatic N) is 4. The maximum Gasteiger partial charge on any atom is 0.163 e. The lowest BCUT2D eigenvalue weighted by Gasteiger charge is -2.05. The molecule has 0 atom stereocenters. The highest BCUT2D eigenvalue weighted by Gasteiger charge is 2.13. The number of fused-ring (bicyclic) bond motifs is 1. The Morgan fingerprint density at radius 1 is 1.15 bits per heavy atom. The molecule has 0 aliphatic carbocycles. The molecule has 4 nitrogen and oxygen atoms in total. The summed E-state index contributed by atoms with van der Waals surface area (Å²) in [5.41, 5.74) is 3.35. The van der Waals surface area contributed by atoms with Gasteiger partial charge in [0, 0.05) is 12.1 Å². The molecule has 0 spiro atoms. The number of aryl methyl sites for hydroxylation is 1. The molecule has 20 heavy (non-hydrogen) atoms. The first kappa shape index (κ1) is 13.1. The fourth-order valence-corrected chi connectivity index (χ4v) is 2.45. The molecule has 0 N–H and O–H groups in total. The van der Waals surface area contributed by atoms with Crippen LogP contribution < -0.4 is 0 Å². The standard InChI is InChI=1S/C15H15ClN4/c1-2-3-8-20-10-19-14-13(17-9-18-15(14)20)11-6-4-5-7-12(11)16/h4-7,9-10H,2-3,8H2,1H3. The average Bonchev–Trinajstić information content (AvgIpc) is 2.89. The second-order valence-electron chi connectivity index (χ2n) is 4.67. The number of hydrogen-bond donors (Lipinski definition) is 0. The molecule has 102 valence electrons. The fourth-order valence-electron chi connectivity index (χ4n) is 2.22. The van der Waals surface area contributed by atoms with Crippen LogP contribution in [0.5, 0.6) is 0 Å². The number of aromatic nitrogens is 4. The van der Waals surface area contributed by atoms with E-state index in [1.807, 2.05) is 30.6 Å². The van der Waals surface area contributed by atoms with Crippen LogP contribution in [0.2, 0.25) is 5.02 Å². The van der Waals surface area contributed by atoms with Crippen molar-refractivity contribution >= 4 is 22.8 Å². The SMILES string of the molecule is CCCCn1cnc2c(-c3ccccc3Cl)ncnc21. The predicted molar refractivity (Wildman–Crippen MR) is 80.7 cm³/mol. The van der Waals surface area contributed by atoms with Crippen molar-refractivity contribution < 1.29 is 0 Å². The minimum absolute atomic E-state index is 0.676. The Labute approximate surface area is 122 Å². The van der Waals surface area contributed by atoms with Gasteiger partial charge in [0.25, 0.3) is 0 Å². The number of imidazole rings is 1. The van der Waals surface area contributed by atoms with Crippen molar-refractivity contribution in [3.05, 3.63) is 41.9 Å². The normalized spacial score (nSPS) is 11.1. The molecule has 0 radical (unpaired) electrons. The van der Waals surface area contributed by atoms with E-state index in [0.717, 1.165) is 41.8 Å². The fraction of sp³-hybridized carbons (Fsp3) is 0.267. The van der Waals surface area contributed by atoms with Gasteiger partial charge in [-0.05, 0) is 12.5 Å². The van der Waals surface area contributed by atoms with Crippen LogP contribution in [0.25, 0.3) is 22.4 Å². The Kier molecular flexibility index (Phi) is 3.65. The van der Waals surface area contributed by atoms with Gasteiger partial charge in [-0.3, -0.25) is 0 Å². The van der Waals surface area contributed by atoms with Gasteiger partial charge in [0.05, 0.1) is 11.3 Å². The van der Waals surface area contributed by atoms with Gasteiger partial charge in [-0.1, -0.05) is 43.1 Å². The van der Waals surface area contributed by atoms with Crippen LogP contribution in [0.4, 0.5) is 0 Å². The molecule has 0 aliphatic heterocycles. The maximum absolute atomic E-state index is 6.25. The minimum atomic E-state index is 0.676. The highest BCUT2D eigenvalue weighted by Crippen LogP contribution is 2.29. The van der Waals surface area contributed by atoms with Crippen LogP contribution in [0.3, 0.4) is 0 Å². The molecule has 2 heterocycles. The summed E-state index contributed by atoms with van der Waals surface area (Å²) in [6.45, 7) is 3.09. The maximum atomic E-state index is 6.25. The van der Waals surface area contributed by atoms with Gasteiger partial charge >= 0.3 is 0 Å². The lowest BCUT2D eigenvalue weighted by atomic mass is 10.1. The molecule has 0 saturated heterocycles. The van der Waals surface area contributed by atoms with E-state index in [2.05, 4.69) is 26.4 Å². The Morgan fingerprint density at radius 2 is 2.00 bits per heavy atom. The zero-order chi connectivity index (χ0) is 13.9. The van der Waals surface area contributed by atoms with Crippen LogP contribution in [0.15, 0.2) is 36.9 Å². The Bertz CT molecular complexity index is 736. The zero-order valence-corrected chi connectivity index (χ0v) is 12.0. The van der Waals surface area contributed by atoms with Gasteiger partial charge < -0.3 is 4.57 Å². The van der Waals surface area contributed by atoms with Gasteiger partial charge in [-0.2, -0.15) is 0 Å². The van der Waals surface area contributed by atoms with Crippen molar-refractivity contribution in [2.24, 2.45) is 0 Å². The van der Waals surface area contributed by atoms with E-state index in [-0.39, 0.29) is 0 Å².